The van der Waals surface area contributed by atoms with Gasteiger partial charge in [-0.25, -0.2) is 4.39 Å². The maximum Gasteiger partial charge on any atom is 0.252 e. The van der Waals surface area contributed by atoms with Crippen LogP contribution >= 0.6 is 35.0 Å². The van der Waals surface area contributed by atoms with Crippen molar-refractivity contribution >= 4 is 40.9 Å². The Morgan fingerprint density at radius 3 is 2.68 bits per heavy atom. The topological polar surface area (TPSA) is 29.1 Å². The minimum atomic E-state index is -0.238. The van der Waals surface area contributed by atoms with Gasteiger partial charge in [0.1, 0.15) is 5.82 Å². The Morgan fingerprint density at radius 1 is 1.18 bits per heavy atom. The van der Waals surface area contributed by atoms with Crippen molar-refractivity contribution in [1.82, 2.24) is 5.32 Å². The zero-order chi connectivity index (χ0) is 15.9. The minimum absolute atomic E-state index is 0.218. The summed E-state index contributed by atoms with van der Waals surface area (Å²) in [6.45, 7) is 0.499. The Morgan fingerprint density at radius 2 is 1.95 bits per heavy atom. The molecule has 2 aromatic rings. The molecule has 0 saturated carbocycles. The lowest BCUT2D eigenvalue weighted by atomic mass is 10.2. The third kappa shape index (κ3) is 4.90. The van der Waals surface area contributed by atoms with Crippen molar-refractivity contribution in [2.75, 3.05) is 12.3 Å². The van der Waals surface area contributed by atoms with Crippen molar-refractivity contribution in [1.29, 1.82) is 0 Å². The highest BCUT2D eigenvalue weighted by Crippen LogP contribution is 2.22. The quantitative estimate of drug-likeness (QED) is 0.579. The van der Waals surface area contributed by atoms with Crippen molar-refractivity contribution < 1.29 is 9.18 Å². The van der Waals surface area contributed by atoms with Crippen LogP contribution in [0.4, 0.5) is 4.39 Å². The molecule has 2 nitrogen and oxygen atoms in total. The molecule has 0 fully saturated rings. The molecule has 0 aliphatic heterocycles. The zero-order valence-corrected chi connectivity index (χ0v) is 13.9. The molecule has 2 rings (SSSR count). The number of rotatable bonds is 6. The maximum absolute atomic E-state index is 13.4. The van der Waals surface area contributed by atoms with Crippen LogP contribution in [-0.2, 0) is 0 Å². The van der Waals surface area contributed by atoms with Gasteiger partial charge in [0.05, 0.1) is 10.6 Å². The first-order chi connectivity index (χ1) is 10.6. The molecule has 0 saturated heterocycles. The smallest absolute Gasteiger partial charge is 0.252 e. The summed E-state index contributed by atoms with van der Waals surface area (Å²) in [4.78, 5) is 12.6. The first-order valence-corrected chi connectivity index (χ1v) is 8.42. The lowest BCUT2D eigenvalue weighted by Gasteiger charge is -2.07. The third-order valence-corrected chi connectivity index (χ3v) is 4.56. The highest BCUT2D eigenvalue weighted by Gasteiger charge is 2.10. The van der Waals surface area contributed by atoms with E-state index in [9.17, 15) is 9.18 Å². The second kappa shape index (κ2) is 8.42. The summed E-state index contributed by atoms with van der Waals surface area (Å²) in [5.41, 5.74) is 0.396. The van der Waals surface area contributed by atoms with Crippen LogP contribution < -0.4 is 5.32 Å². The predicted molar refractivity (Wildman–Crippen MR) is 90.5 cm³/mol. The summed E-state index contributed by atoms with van der Waals surface area (Å²) in [5, 5.41) is 3.60. The van der Waals surface area contributed by atoms with Crippen LogP contribution in [0.25, 0.3) is 0 Å². The second-order valence-corrected chi connectivity index (χ2v) is 6.49. The van der Waals surface area contributed by atoms with E-state index in [0.717, 1.165) is 12.2 Å². The number of carbonyl (C=O) groups excluding carboxylic acids is 1. The average Bonchev–Trinajstić information content (AvgIpc) is 2.48. The van der Waals surface area contributed by atoms with E-state index in [2.05, 4.69) is 5.32 Å². The number of nitrogens with one attached hydrogen (secondary N) is 1. The summed E-state index contributed by atoms with van der Waals surface area (Å²) < 4.78 is 13.4. The molecule has 2 aromatic carbocycles. The molecule has 0 heterocycles. The van der Waals surface area contributed by atoms with Crippen LogP contribution in [0, 0.1) is 5.82 Å². The normalized spacial score (nSPS) is 10.5. The molecule has 1 N–H and O–H groups in total. The van der Waals surface area contributed by atoms with Crippen LogP contribution in [0.5, 0.6) is 0 Å². The van der Waals surface area contributed by atoms with Crippen LogP contribution in [-0.4, -0.2) is 18.2 Å². The van der Waals surface area contributed by atoms with E-state index in [1.54, 1.807) is 30.3 Å². The van der Waals surface area contributed by atoms with E-state index in [0.29, 0.717) is 27.0 Å². The Bertz CT molecular complexity index is 666. The van der Waals surface area contributed by atoms with Gasteiger partial charge >= 0.3 is 0 Å². The van der Waals surface area contributed by atoms with Crippen LogP contribution in [0.3, 0.4) is 0 Å². The molecule has 0 spiro atoms. The molecule has 0 radical (unpaired) electrons. The van der Waals surface area contributed by atoms with Gasteiger partial charge in [0.25, 0.3) is 5.91 Å². The Labute approximate surface area is 143 Å². The lowest BCUT2D eigenvalue weighted by Crippen LogP contribution is -2.25. The van der Waals surface area contributed by atoms with E-state index in [1.165, 1.54) is 23.9 Å². The van der Waals surface area contributed by atoms with Crippen LogP contribution in [0.15, 0.2) is 47.4 Å². The Balaban J connectivity index is 1.75. The fraction of sp³-hybridized carbons (Fsp3) is 0.188. The van der Waals surface area contributed by atoms with Crippen molar-refractivity contribution in [3.8, 4) is 0 Å². The van der Waals surface area contributed by atoms with Gasteiger partial charge in [0.15, 0.2) is 0 Å². The van der Waals surface area contributed by atoms with Gasteiger partial charge in [0, 0.05) is 16.5 Å². The number of carbonyl (C=O) groups is 1. The molecule has 0 unspecified atom stereocenters. The maximum atomic E-state index is 13.4. The fourth-order valence-corrected chi connectivity index (χ4v) is 3.17. The molecule has 6 heteroatoms. The number of halogens is 3. The average molecular weight is 358 g/mol. The molecule has 0 bridgehead atoms. The van der Waals surface area contributed by atoms with E-state index in [1.807, 2.05) is 0 Å². The van der Waals surface area contributed by atoms with E-state index in [4.69, 9.17) is 23.2 Å². The molecule has 0 aliphatic rings. The molecule has 0 aliphatic carbocycles. The second-order valence-electron chi connectivity index (χ2n) is 4.51. The van der Waals surface area contributed by atoms with Gasteiger partial charge in [-0.2, -0.15) is 0 Å². The molecule has 0 atom stereocenters. The Hall–Kier alpha value is -1.23. The highest BCUT2D eigenvalue weighted by atomic mass is 35.5. The van der Waals surface area contributed by atoms with E-state index < -0.39 is 0 Å². The van der Waals surface area contributed by atoms with Crippen molar-refractivity contribution in [2.45, 2.75) is 11.3 Å². The van der Waals surface area contributed by atoms with Gasteiger partial charge in [0.2, 0.25) is 0 Å². The summed E-state index contributed by atoms with van der Waals surface area (Å²) in [6.07, 6.45) is 0.732. The zero-order valence-electron chi connectivity index (χ0n) is 11.6. The number of amides is 1. The summed E-state index contributed by atoms with van der Waals surface area (Å²) in [6, 6.07) is 11.4. The molecular weight excluding hydrogens is 344 g/mol. The largest absolute Gasteiger partial charge is 0.352 e. The van der Waals surface area contributed by atoms with Gasteiger partial charge < -0.3 is 5.32 Å². The number of hydrogen-bond acceptors (Lipinski definition) is 2. The molecule has 22 heavy (non-hydrogen) atoms. The Kier molecular flexibility index (Phi) is 6.55. The summed E-state index contributed by atoms with van der Waals surface area (Å²) >= 11 is 13.2. The lowest BCUT2D eigenvalue weighted by molar-refractivity contribution is 0.0954. The van der Waals surface area contributed by atoms with E-state index >= 15 is 0 Å². The predicted octanol–water partition coefficient (Wildman–Crippen LogP) is 5.04. The highest BCUT2D eigenvalue weighted by molar-refractivity contribution is 7.99. The molecular formula is C16H14Cl2FNOS. The summed E-state index contributed by atoms with van der Waals surface area (Å²) in [7, 11) is 0. The number of thioether (sulfide) groups is 1. The van der Waals surface area contributed by atoms with Crippen molar-refractivity contribution in [3.63, 3.8) is 0 Å². The SMILES string of the molecule is O=C(NCCCSc1ccccc1F)c1ccc(Cl)cc1Cl. The third-order valence-electron chi connectivity index (χ3n) is 2.88. The molecule has 0 aromatic heterocycles. The first-order valence-electron chi connectivity index (χ1n) is 6.68. The van der Waals surface area contributed by atoms with Gasteiger partial charge in [-0.3, -0.25) is 4.79 Å². The fourth-order valence-electron chi connectivity index (χ4n) is 1.79. The number of hydrogen-bond donors (Lipinski definition) is 1. The number of benzene rings is 2. The molecule has 1 amide bonds. The standard InChI is InChI=1S/C16H14Cl2FNOS/c17-11-6-7-12(13(18)10-11)16(21)20-8-3-9-22-15-5-2-1-4-14(15)19/h1-2,4-7,10H,3,8-9H2,(H,20,21). The van der Waals surface area contributed by atoms with Gasteiger partial charge in [-0.15, -0.1) is 11.8 Å². The van der Waals surface area contributed by atoms with Gasteiger partial charge in [-0.1, -0.05) is 35.3 Å². The van der Waals surface area contributed by atoms with E-state index in [-0.39, 0.29) is 11.7 Å². The first kappa shape index (κ1) is 17.1. The minimum Gasteiger partial charge on any atom is -0.352 e. The summed E-state index contributed by atoms with van der Waals surface area (Å²) in [5.74, 6) is 0.261. The van der Waals surface area contributed by atoms with Crippen molar-refractivity contribution in [3.05, 3.63) is 63.9 Å². The monoisotopic (exact) mass is 357 g/mol. The van der Waals surface area contributed by atoms with Gasteiger partial charge in [-0.05, 0) is 42.5 Å². The molecule has 116 valence electrons. The van der Waals surface area contributed by atoms with Crippen LogP contribution in [0.1, 0.15) is 16.8 Å². The van der Waals surface area contributed by atoms with Crippen molar-refractivity contribution in [2.24, 2.45) is 0 Å². The van der Waals surface area contributed by atoms with Crippen LogP contribution in [0.2, 0.25) is 10.0 Å².